The molecule has 18 heavy (non-hydrogen) atoms. The molecule has 3 N–H and O–H groups in total. The van der Waals surface area contributed by atoms with E-state index in [1.54, 1.807) is 0 Å². The van der Waals surface area contributed by atoms with Gasteiger partial charge in [-0.1, -0.05) is 0 Å². The van der Waals surface area contributed by atoms with E-state index in [1.807, 2.05) is 0 Å². The Morgan fingerprint density at radius 3 is 2.33 bits per heavy atom. The highest BCUT2D eigenvalue weighted by atomic mass is 79.9. The topological polar surface area (TPSA) is 38.0 Å². The molecule has 0 aliphatic rings. The van der Waals surface area contributed by atoms with Gasteiger partial charge in [0.2, 0.25) is 0 Å². The van der Waals surface area contributed by atoms with Gasteiger partial charge in [0.05, 0.1) is 21.5 Å². The molecule has 2 rings (SSSR count). The Labute approximate surface area is 110 Å². The van der Waals surface area contributed by atoms with E-state index < -0.39 is 17.5 Å². The van der Waals surface area contributed by atoms with Crippen molar-refractivity contribution in [1.29, 1.82) is 0 Å². The fourth-order valence-electron chi connectivity index (χ4n) is 1.41. The maximum atomic E-state index is 13.6. The summed E-state index contributed by atoms with van der Waals surface area (Å²) in [6, 6.07) is 5.60. The standard InChI is InChI=1S/C12H8BrF3N2/c13-7-4-9(16)12(5-8(7)15)18-11-2-1-6(14)3-10(11)17/h1-5,18H,17H2. The molecule has 0 fully saturated rings. The molecule has 6 heteroatoms. The van der Waals surface area contributed by atoms with E-state index in [0.29, 0.717) is 5.69 Å². The molecule has 0 amide bonds. The molecule has 0 unspecified atom stereocenters. The molecule has 0 atom stereocenters. The number of nitrogen functional groups attached to an aromatic ring is 1. The smallest absolute Gasteiger partial charge is 0.147 e. The zero-order valence-corrected chi connectivity index (χ0v) is 10.6. The number of halogens is 4. The molecule has 0 bridgehead atoms. The van der Waals surface area contributed by atoms with Crippen LogP contribution in [0.2, 0.25) is 0 Å². The van der Waals surface area contributed by atoms with Gasteiger partial charge in [0.1, 0.15) is 17.5 Å². The lowest BCUT2D eigenvalue weighted by Gasteiger charge is -2.10. The summed E-state index contributed by atoms with van der Waals surface area (Å²) < 4.78 is 39.7. The highest BCUT2D eigenvalue weighted by Gasteiger charge is 2.10. The van der Waals surface area contributed by atoms with Gasteiger partial charge < -0.3 is 11.1 Å². The second kappa shape index (κ2) is 4.89. The van der Waals surface area contributed by atoms with E-state index >= 15 is 0 Å². The highest BCUT2D eigenvalue weighted by molar-refractivity contribution is 9.10. The van der Waals surface area contributed by atoms with Gasteiger partial charge in [-0.15, -0.1) is 0 Å². The summed E-state index contributed by atoms with van der Waals surface area (Å²) in [5.74, 6) is -1.76. The van der Waals surface area contributed by atoms with Crippen molar-refractivity contribution in [3.8, 4) is 0 Å². The average molecular weight is 317 g/mol. The number of nitrogens with two attached hydrogens (primary N) is 1. The minimum Gasteiger partial charge on any atom is -0.397 e. The first kappa shape index (κ1) is 12.8. The summed E-state index contributed by atoms with van der Waals surface area (Å²) in [6.45, 7) is 0. The Bertz CT molecular complexity index is 602. The van der Waals surface area contributed by atoms with Crippen LogP contribution >= 0.6 is 15.9 Å². The first-order valence-corrected chi connectivity index (χ1v) is 5.73. The van der Waals surface area contributed by atoms with E-state index in [1.165, 1.54) is 12.1 Å². The first-order chi connectivity index (χ1) is 8.47. The van der Waals surface area contributed by atoms with Gasteiger partial charge in [0.25, 0.3) is 0 Å². The predicted octanol–water partition coefficient (Wildman–Crippen LogP) is 4.19. The monoisotopic (exact) mass is 316 g/mol. The van der Waals surface area contributed by atoms with Crippen LogP contribution in [0.4, 0.5) is 30.2 Å². The summed E-state index contributed by atoms with van der Waals surface area (Å²) in [7, 11) is 0. The number of hydrogen-bond acceptors (Lipinski definition) is 2. The summed E-state index contributed by atoms with van der Waals surface area (Å²) in [5.41, 5.74) is 5.90. The van der Waals surface area contributed by atoms with Crippen LogP contribution in [0.15, 0.2) is 34.8 Å². The van der Waals surface area contributed by atoms with Crippen LogP contribution in [0.1, 0.15) is 0 Å². The highest BCUT2D eigenvalue weighted by Crippen LogP contribution is 2.28. The second-order valence-electron chi connectivity index (χ2n) is 3.60. The van der Waals surface area contributed by atoms with Gasteiger partial charge in [-0.25, -0.2) is 13.2 Å². The Morgan fingerprint density at radius 1 is 0.944 bits per heavy atom. The zero-order chi connectivity index (χ0) is 13.3. The number of nitrogens with one attached hydrogen (secondary N) is 1. The van der Waals surface area contributed by atoms with Crippen LogP contribution in [0.3, 0.4) is 0 Å². The van der Waals surface area contributed by atoms with Crippen molar-refractivity contribution in [2.24, 2.45) is 0 Å². The number of rotatable bonds is 2. The van der Waals surface area contributed by atoms with Gasteiger partial charge >= 0.3 is 0 Å². The minimum atomic E-state index is -0.646. The molecule has 2 nitrogen and oxygen atoms in total. The normalized spacial score (nSPS) is 10.4. The molecule has 94 valence electrons. The van der Waals surface area contributed by atoms with E-state index in [-0.39, 0.29) is 15.8 Å². The van der Waals surface area contributed by atoms with Gasteiger partial charge in [-0.05, 0) is 40.2 Å². The molecule has 0 aromatic heterocycles. The van der Waals surface area contributed by atoms with E-state index in [9.17, 15) is 13.2 Å². The second-order valence-corrected chi connectivity index (χ2v) is 4.46. The van der Waals surface area contributed by atoms with Crippen LogP contribution in [-0.4, -0.2) is 0 Å². The average Bonchev–Trinajstić information content (AvgIpc) is 2.29. The van der Waals surface area contributed by atoms with Crippen molar-refractivity contribution in [3.05, 3.63) is 52.3 Å². The van der Waals surface area contributed by atoms with Crippen LogP contribution in [0, 0.1) is 17.5 Å². The molecule has 0 radical (unpaired) electrons. The zero-order valence-electron chi connectivity index (χ0n) is 8.98. The Kier molecular flexibility index (Phi) is 3.47. The maximum absolute atomic E-state index is 13.6. The SMILES string of the molecule is Nc1cc(F)ccc1Nc1cc(F)c(Br)cc1F. The van der Waals surface area contributed by atoms with E-state index in [0.717, 1.165) is 18.2 Å². The van der Waals surface area contributed by atoms with Gasteiger partial charge in [0.15, 0.2) is 0 Å². The van der Waals surface area contributed by atoms with E-state index in [4.69, 9.17) is 5.73 Å². The largest absolute Gasteiger partial charge is 0.397 e. The van der Waals surface area contributed by atoms with Crippen molar-refractivity contribution >= 4 is 33.0 Å². The molecule has 2 aromatic rings. The molecule has 0 aliphatic heterocycles. The molecule has 0 aliphatic carbocycles. The van der Waals surface area contributed by atoms with Crippen molar-refractivity contribution < 1.29 is 13.2 Å². The Balaban J connectivity index is 2.37. The van der Waals surface area contributed by atoms with Crippen molar-refractivity contribution in [2.45, 2.75) is 0 Å². The summed E-state index contributed by atoms with van der Waals surface area (Å²) in [6.07, 6.45) is 0. The van der Waals surface area contributed by atoms with Crippen LogP contribution in [0.25, 0.3) is 0 Å². The molecule has 2 aromatic carbocycles. The van der Waals surface area contributed by atoms with Crippen molar-refractivity contribution in [3.63, 3.8) is 0 Å². The van der Waals surface area contributed by atoms with Crippen LogP contribution < -0.4 is 11.1 Å². The number of benzene rings is 2. The number of hydrogen-bond donors (Lipinski definition) is 2. The summed E-state index contributed by atoms with van der Waals surface area (Å²) >= 11 is 2.87. The molecular weight excluding hydrogens is 309 g/mol. The van der Waals surface area contributed by atoms with Gasteiger partial charge in [-0.2, -0.15) is 0 Å². The minimum absolute atomic E-state index is 0.0256. The third-order valence-electron chi connectivity index (χ3n) is 2.29. The summed E-state index contributed by atoms with van der Waals surface area (Å²) in [5, 5.41) is 2.61. The fourth-order valence-corrected chi connectivity index (χ4v) is 1.73. The van der Waals surface area contributed by atoms with Crippen molar-refractivity contribution in [2.75, 3.05) is 11.1 Å². The molecule has 0 saturated carbocycles. The van der Waals surface area contributed by atoms with Crippen LogP contribution in [0.5, 0.6) is 0 Å². The maximum Gasteiger partial charge on any atom is 0.147 e. The lowest BCUT2D eigenvalue weighted by molar-refractivity contribution is 0.598. The quantitative estimate of drug-likeness (QED) is 0.644. The van der Waals surface area contributed by atoms with E-state index in [2.05, 4.69) is 21.2 Å². The third-order valence-corrected chi connectivity index (χ3v) is 2.90. The van der Waals surface area contributed by atoms with Gasteiger partial charge in [0, 0.05) is 6.07 Å². The molecular formula is C12H8BrF3N2. The lowest BCUT2D eigenvalue weighted by Crippen LogP contribution is -1.99. The fraction of sp³-hybridized carbons (Fsp3) is 0. The lowest BCUT2D eigenvalue weighted by atomic mass is 10.2. The first-order valence-electron chi connectivity index (χ1n) is 4.94. The molecule has 0 spiro atoms. The van der Waals surface area contributed by atoms with Crippen LogP contribution in [-0.2, 0) is 0 Å². The predicted molar refractivity (Wildman–Crippen MR) is 68.2 cm³/mol. The van der Waals surface area contributed by atoms with Gasteiger partial charge in [-0.3, -0.25) is 0 Å². The molecule has 0 saturated heterocycles. The number of anilines is 3. The third kappa shape index (κ3) is 2.59. The Hall–Kier alpha value is -1.69. The molecule has 0 heterocycles. The Morgan fingerprint density at radius 2 is 1.67 bits per heavy atom. The summed E-state index contributed by atoms with van der Waals surface area (Å²) in [4.78, 5) is 0. The van der Waals surface area contributed by atoms with Crippen molar-refractivity contribution in [1.82, 2.24) is 0 Å².